The van der Waals surface area contributed by atoms with E-state index >= 15 is 0 Å². The van der Waals surface area contributed by atoms with E-state index in [0.717, 1.165) is 0 Å². The third kappa shape index (κ3) is 1.53. The van der Waals surface area contributed by atoms with Gasteiger partial charge in [-0.25, -0.2) is 0 Å². The molecule has 1 spiro atoms. The van der Waals surface area contributed by atoms with Gasteiger partial charge < -0.3 is 0 Å². The Hall–Kier alpha value is 1.83. The smallest absolute Gasteiger partial charge is 0.0465 e. The van der Waals surface area contributed by atoms with Crippen LogP contribution in [0.1, 0.15) is 0 Å². The van der Waals surface area contributed by atoms with E-state index in [1.807, 2.05) is 0 Å². The Labute approximate surface area is 72.4 Å². The number of hydrogen-bond acceptors (Lipinski definition) is 4. The lowest BCUT2D eigenvalue weighted by Gasteiger charge is -2.03. The number of hydrogen-bond donors (Lipinski definition) is 0. The Morgan fingerprint density at radius 2 is 1.00 bits per heavy atom. The maximum absolute atomic E-state index is 2.25. The van der Waals surface area contributed by atoms with Gasteiger partial charge in [-0.15, -0.1) is 0 Å². The summed E-state index contributed by atoms with van der Waals surface area (Å²) < 4.78 is -0.531. The molecule has 0 aliphatic carbocycles. The van der Waals surface area contributed by atoms with Gasteiger partial charge >= 0.3 is 0 Å². The lowest BCUT2D eigenvalue weighted by Crippen LogP contribution is -1.64. The molecule has 0 aromatic rings. The molecule has 0 amide bonds. The van der Waals surface area contributed by atoms with E-state index in [1.54, 1.807) is 0 Å². The molecule has 0 nitrogen and oxygen atoms in total. The molecule has 5 heteroatoms. The Balaban J connectivity index is 2.04. The monoisotopic (exact) mass is 215 g/mol. The van der Waals surface area contributed by atoms with E-state index in [1.165, 1.54) is 23.0 Å². The average Bonchev–Trinajstić information content (AvgIpc) is 2.45. The molecule has 0 atom stereocenters. The molecule has 52 valence electrons. The van der Waals surface area contributed by atoms with E-state index < -0.39 is 4.07 Å². The van der Waals surface area contributed by atoms with Crippen molar-refractivity contribution in [3.8, 4) is 0 Å². The van der Waals surface area contributed by atoms with E-state index in [0.29, 0.717) is 0 Å². The summed E-state index contributed by atoms with van der Waals surface area (Å²) >= 11 is 9.01. The SMILES string of the molecule is C1CS[P+]2(S1)SCCS2. The lowest BCUT2D eigenvalue weighted by atomic mass is 11.0. The summed E-state index contributed by atoms with van der Waals surface area (Å²) in [6.45, 7) is 0. The van der Waals surface area contributed by atoms with Crippen LogP contribution < -0.4 is 0 Å². The Morgan fingerprint density at radius 1 is 0.667 bits per heavy atom. The van der Waals surface area contributed by atoms with Crippen LogP contribution in [0.25, 0.3) is 0 Å². The first kappa shape index (κ1) is 7.48. The van der Waals surface area contributed by atoms with Crippen LogP contribution in [-0.2, 0) is 0 Å². The van der Waals surface area contributed by atoms with Crippen molar-refractivity contribution < 1.29 is 0 Å². The molecule has 2 aliphatic heterocycles. The molecule has 0 N–H and O–H groups in total. The molecule has 0 unspecified atom stereocenters. The summed E-state index contributed by atoms with van der Waals surface area (Å²) in [5, 5.41) is 0. The minimum Gasteiger partial charge on any atom is 0.0465 e. The minimum absolute atomic E-state index is 0.531. The van der Waals surface area contributed by atoms with Crippen LogP contribution in [0.2, 0.25) is 0 Å². The highest BCUT2D eigenvalue weighted by Gasteiger charge is 2.51. The molecule has 2 heterocycles. The fourth-order valence-electron chi connectivity index (χ4n) is 0.820. The summed E-state index contributed by atoms with van der Waals surface area (Å²) in [7, 11) is 0. The summed E-state index contributed by atoms with van der Waals surface area (Å²) in [6, 6.07) is 0. The maximum atomic E-state index is 2.25. The first-order chi connectivity index (χ1) is 4.41. The molecule has 2 saturated heterocycles. The molecule has 0 aromatic carbocycles. The van der Waals surface area contributed by atoms with Crippen molar-refractivity contribution in [3.05, 3.63) is 0 Å². The lowest BCUT2D eigenvalue weighted by molar-refractivity contribution is 1.59. The largest absolute Gasteiger partial charge is 0.248 e. The molecule has 9 heavy (non-hydrogen) atoms. The van der Waals surface area contributed by atoms with Crippen LogP contribution in [-0.4, -0.2) is 23.0 Å². The van der Waals surface area contributed by atoms with E-state index in [-0.39, 0.29) is 0 Å². The highest BCUT2D eigenvalue weighted by Crippen LogP contribution is 2.99. The van der Waals surface area contributed by atoms with Gasteiger partial charge in [-0.1, -0.05) is 0 Å². The normalized spacial score (nSPS) is 32.0. The molecule has 2 aliphatic rings. The van der Waals surface area contributed by atoms with Gasteiger partial charge in [0.15, 0.2) is 0 Å². The fraction of sp³-hybridized carbons (Fsp3) is 1.00. The van der Waals surface area contributed by atoms with Crippen molar-refractivity contribution in [1.29, 1.82) is 0 Å². The Morgan fingerprint density at radius 3 is 1.33 bits per heavy atom. The summed E-state index contributed by atoms with van der Waals surface area (Å²) in [5.41, 5.74) is 0. The van der Waals surface area contributed by atoms with Crippen LogP contribution in [0.5, 0.6) is 0 Å². The third-order valence-electron chi connectivity index (χ3n) is 1.16. The zero-order valence-corrected chi connectivity index (χ0v) is 9.07. The first-order valence-electron chi connectivity index (χ1n) is 2.88. The van der Waals surface area contributed by atoms with Crippen LogP contribution in [0, 0.1) is 0 Å². The van der Waals surface area contributed by atoms with Crippen molar-refractivity contribution in [1.82, 2.24) is 0 Å². The van der Waals surface area contributed by atoms with Gasteiger partial charge in [0, 0.05) is 23.0 Å². The highest BCUT2D eigenvalue weighted by molar-refractivity contribution is 9.39. The number of rotatable bonds is 0. The van der Waals surface area contributed by atoms with E-state index in [9.17, 15) is 0 Å². The van der Waals surface area contributed by atoms with Crippen molar-refractivity contribution in [3.63, 3.8) is 0 Å². The van der Waals surface area contributed by atoms with E-state index in [2.05, 4.69) is 45.5 Å². The van der Waals surface area contributed by atoms with Gasteiger partial charge in [0.2, 0.25) is 4.07 Å². The Bertz CT molecular complexity index is 87.6. The molecule has 2 fully saturated rings. The molecular formula is C4H8PS4+. The van der Waals surface area contributed by atoms with Crippen LogP contribution >= 0.6 is 49.6 Å². The molecule has 2 rings (SSSR count). The van der Waals surface area contributed by atoms with Crippen LogP contribution in [0.3, 0.4) is 0 Å². The summed E-state index contributed by atoms with van der Waals surface area (Å²) in [4.78, 5) is 0. The van der Waals surface area contributed by atoms with Gasteiger partial charge in [0.05, 0.1) is 45.5 Å². The molecule has 0 aromatic heterocycles. The summed E-state index contributed by atoms with van der Waals surface area (Å²) in [5.74, 6) is 5.66. The average molecular weight is 215 g/mol. The zero-order chi connectivity index (χ0) is 6.16. The van der Waals surface area contributed by atoms with Crippen molar-refractivity contribution in [2.45, 2.75) is 0 Å². The molecular weight excluding hydrogens is 207 g/mol. The second kappa shape index (κ2) is 3.06. The van der Waals surface area contributed by atoms with Gasteiger partial charge in [0.1, 0.15) is 0 Å². The topological polar surface area (TPSA) is 0 Å². The second-order valence-electron chi connectivity index (χ2n) is 1.78. The predicted octanol–water partition coefficient (Wildman–Crippen LogP) is 3.62. The quantitative estimate of drug-likeness (QED) is 0.566. The molecule has 0 radical (unpaired) electrons. The highest BCUT2D eigenvalue weighted by atomic mass is 33.6. The minimum atomic E-state index is -0.531. The second-order valence-corrected chi connectivity index (χ2v) is 19.2. The Kier molecular flexibility index (Phi) is 2.54. The van der Waals surface area contributed by atoms with Crippen molar-refractivity contribution in [2.24, 2.45) is 0 Å². The maximum Gasteiger partial charge on any atom is 0.248 e. The standard InChI is InChI=1S/C4H8PS4/c1-2-7-5(6-1)8-3-4-9-5/h1-4H2/q+1. The van der Waals surface area contributed by atoms with Gasteiger partial charge in [0.25, 0.3) is 0 Å². The zero-order valence-electron chi connectivity index (χ0n) is 4.91. The first-order valence-corrected chi connectivity index (χ1v) is 11.0. The van der Waals surface area contributed by atoms with Gasteiger partial charge in [-0.3, -0.25) is 0 Å². The fourth-order valence-corrected chi connectivity index (χ4v) is 22.1. The molecule has 0 bridgehead atoms. The van der Waals surface area contributed by atoms with Crippen molar-refractivity contribution >= 4 is 49.6 Å². The van der Waals surface area contributed by atoms with Crippen molar-refractivity contribution in [2.75, 3.05) is 23.0 Å². The van der Waals surface area contributed by atoms with Gasteiger partial charge in [-0.05, 0) is 0 Å². The van der Waals surface area contributed by atoms with Gasteiger partial charge in [-0.2, -0.15) is 0 Å². The van der Waals surface area contributed by atoms with Crippen LogP contribution in [0.4, 0.5) is 0 Å². The van der Waals surface area contributed by atoms with E-state index in [4.69, 9.17) is 0 Å². The molecule has 0 saturated carbocycles. The van der Waals surface area contributed by atoms with Crippen LogP contribution in [0.15, 0.2) is 0 Å². The predicted molar refractivity (Wildman–Crippen MR) is 56.8 cm³/mol. The summed E-state index contributed by atoms with van der Waals surface area (Å²) in [6.07, 6.45) is 0. The third-order valence-corrected chi connectivity index (χ3v) is 21.9.